The lowest BCUT2D eigenvalue weighted by atomic mass is 10.2. The topological polar surface area (TPSA) is 87.0 Å². The molecule has 6 nitrogen and oxygen atoms in total. The fraction of sp³-hybridized carbons (Fsp3) is 0.182. The largest absolute Gasteiger partial charge is 0.329 e. The minimum atomic E-state index is -0.820. The highest BCUT2D eigenvalue weighted by Crippen LogP contribution is 2.21. The third-order valence-corrected chi connectivity index (χ3v) is 2.58. The first-order valence-electron chi connectivity index (χ1n) is 5.25. The predicted octanol–water partition coefficient (Wildman–Crippen LogP) is 1.44. The number of nitro benzene ring substituents is 1. The zero-order valence-corrected chi connectivity index (χ0v) is 9.41. The molecular formula is C11H11FN4O2. The van der Waals surface area contributed by atoms with Gasteiger partial charge in [-0.1, -0.05) is 12.1 Å². The Kier molecular flexibility index (Phi) is 3.33. The summed E-state index contributed by atoms with van der Waals surface area (Å²) in [5.41, 5.74) is 5.19. The lowest BCUT2D eigenvalue weighted by Crippen LogP contribution is -2.10. The van der Waals surface area contributed by atoms with Crippen LogP contribution in [0.1, 0.15) is 11.4 Å². The minimum Gasteiger partial charge on any atom is -0.329 e. The Morgan fingerprint density at radius 3 is 2.94 bits per heavy atom. The van der Waals surface area contributed by atoms with Gasteiger partial charge in [-0.2, -0.15) is 4.39 Å². The van der Waals surface area contributed by atoms with Crippen LogP contribution in [-0.4, -0.2) is 14.5 Å². The summed E-state index contributed by atoms with van der Waals surface area (Å²) < 4.78 is 15.5. The Bertz CT molecular complexity index is 582. The number of nitro groups is 1. The Morgan fingerprint density at radius 2 is 2.28 bits per heavy atom. The molecule has 0 saturated heterocycles. The van der Waals surface area contributed by atoms with Gasteiger partial charge in [0, 0.05) is 24.0 Å². The number of nitrogens with zero attached hydrogens (tertiary/aromatic N) is 3. The van der Waals surface area contributed by atoms with E-state index < -0.39 is 16.4 Å². The van der Waals surface area contributed by atoms with Gasteiger partial charge in [-0.3, -0.25) is 10.1 Å². The third-order valence-electron chi connectivity index (χ3n) is 2.58. The summed E-state index contributed by atoms with van der Waals surface area (Å²) >= 11 is 0. The molecule has 0 bridgehead atoms. The van der Waals surface area contributed by atoms with E-state index in [1.165, 1.54) is 12.1 Å². The van der Waals surface area contributed by atoms with Crippen molar-refractivity contribution in [1.29, 1.82) is 0 Å². The van der Waals surface area contributed by atoms with Gasteiger partial charge >= 0.3 is 5.69 Å². The first-order chi connectivity index (χ1) is 8.63. The summed E-state index contributed by atoms with van der Waals surface area (Å²) in [5.74, 6) is -0.222. The monoisotopic (exact) mass is 250 g/mol. The number of aromatic nitrogens is 2. The van der Waals surface area contributed by atoms with Crippen LogP contribution in [0.15, 0.2) is 30.6 Å². The summed E-state index contributed by atoms with van der Waals surface area (Å²) in [4.78, 5) is 13.9. The van der Waals surface area contributed by atoms with Gasteiger partial charge in [-0.05, 0) is 0 Å². The second kappa shape index (κ2) is 4.92. The van der Waals surface area contributed by atoms with Gasteiger partial charge in [0.15, 0.2) is 0 Å². The van der Waals surface area contributed by atoms with E-state index in [0.717, 1.165) is 6.07 Å². The van der Waals surface area contributed by atoms with Gasteiger partial charge in [0.25, 0.3) is 0 Å². The second-order valence-electron chi connectivity index (χ2n) is 3.68. The van der Waals surface area contributed by atoms with Crippen LogP contribution < -0.4 is 5.73 Å². The lowest BCUT2D eigenvalue weighted by Gasteiger charge is -2.07. The van der Waals surface area contributed by atoms with Crippen molar-refractivity contribution >= 4 is 5.69 Å². The molecule has 1 aromatic heterocycles. The summed E-state index contributed by atoms with van der Waals surface area (Å²) in [6.45, 7) is 0.392. The average Bonchev–Trinajstić information content (AvgIpc) is 2.78. The van der Waals surface area contributed by atoms with Crippen LogP contribution in [0.3, 0.4) is 0 Å². The maximum atomic E-state index is 13.8. The molecular weight excluding hydrogens is 239 g/mol. The van der Waals surface area contributed by atoms with Gasteiger partial charge in [-0.15, -0.1) is 0 Å². The molecule has 0 spiro atoms. The molecule has 1 heterocycles. The highest BCUT2D eigenvalue weighted by Gasteiger charge is 2.17. The maximum Gasteiger partial charge on any atom is 0.305 e. The smallest absolute Gasteiger partial charge is 0.305 e. The van der Waals surface area contributed by atoms with Crippen LogP contribution in [0.4, 0.5) is 10.1 Å². The Hall–Kier alpha value is -2.28. The van der Waals surface area contributed by atoms with E-state index in [0.29, 0.717) is 5.82 Å². The van der Waals surface area contributed by atoms with Gasteiger partial charge in [0.1, 0.15) is 5.82 Å². The predicted molar refractivity (Wildman–Crippen MR) is 62.3 cm³/mol. The quantitative estimate of drug-likeness (QED) is 0.657. The van der Waals surface area contributed by atoms with Crippen LogP contribution in [0.25, 0.3) is 0 Å². The lowest BCUT2D eigenvalue weighted by molar-refractivity contribution is -0.387. The molecule has 0 amide bonds. The molecule has 94 valence electrons. The van der Waals surface area contributed by atoms with Crippen LogP contribution in [-0.2, 0) is 13.1 Å². The highest BCUT2D eigenvalue weighted by atomic mass is 19.1. The van der Waals surface area contributed by atoms with Crippen LogP contribution in [0, 0.1) is 15.9 Å². The van der Waals surface area contributed by atoms with Crippen LogP contribution >= 0.6 is 0 Å². The number of nitrogens with two attached hydrogens (primary N) is 1. The molecule has 0 fully saturated rings. The molecule has 18 heavy (non-hydrogen) atoms. The zero-order valence-electron chi connectivity index (χ0n) is 9.41. The van der Waals surface area contributed by atoms with E-state index in [2.05, 4.69) is 4.98 Å². The molecule has 0 aliphatic carbocycles. The molecule has 0 aliphatic rings. The highest BCUT2D eigenvalue weighted by molar-refractivity contribution is 5.36. The number of hydrogen-bond acceptors (Lipinski definition) is 4. The molecule has 2 aromatic rings. The van der Waals surface area contributed by atoms with Gasteiger partial charge in [-0.25, -0.2) is 4.98 Å². The van der Waals surface area contributed by atoms with E-state index in [-0.39, 0.29) is 18.7 Å². The summed E-state index contributed by atoms with van der Waals surface area (Å²) in [6, 6.07) is 4.09. The van der Waals surface area contributed by atoms with Crippen molar-refractivity contribution in [2.24, 2.45) is 5.73 Å². The van der Waals surface area contributed by atoms with E-state index in [1.807, 2.05) is 0 Å². The van der Waals surface area contributed by atoms with Crippen molar-refractivity contribution < 1.29 is 9.31 Å². The molecule has 7 heteroatoms. The average molecular weight is 250 g/mol. The fourth-order valence-electron chi connectivity index (χ4n) is 1.69. The van der Waals surface area contributed by atoms with Crippen LogP contribution in [0.2, 0.25) is 0 Å². The second-order valence-corrected chi connectivity index (χ2v) is 3.68. The molecule has 0 atom stereocenters. The van der Waals surface area contributed by atoms with E-state index in [4.69, 9.17) is 5.73 Å². The zero-order chi connectivity index (χ0) is 13.1. The Morgan fingerprint density at radius 1 is 1.50 bits per heavy atom. The Balaban J connectivity index is 2.35. The van der Waals surface area contributed by atoms with Gasteiger partial charge < -0.3 is 10.3 Å². The minimum absolute atomic E-state index is 0.167. The SMILES string of the molecule is NCc1nccn1Cc1cccc([N+](=O)[O-])c1F. The van der Waals surface area contributed by atoms with Gasteiger partial charge in [0.05, 0.1) is 18.0 Å². The molecule has 0 radical (unpaired) electrons. The number of imidazole rings is 1. The summed E-state index contributed by atoms with van der Waals surface area (Å²) in [6.07, 6.45) is 3.21. The van der Waals surface area contributed by atoms with Crippen molar-refractivity contribution in [2.75, 3.05) is 0 Å². The summed E-state index contributed by atoms with van der Waals surface area (Å²) in [5, 5.41) is 10.6. The molecule has 2 rings (SSSR count). The molecule has 0 aliphatic heterocycles. The number of rotatable bonds is 4. The third kappa shape index (κ3) is 2.21. The normalized spacial score (nSPS) is 10.6. The van der Waals surface area contributed by atoms with Crippen molar-refractivity contribution in [1.82, 2.24) is 9.55 Å². The molecule has 1 aromatic carbocycles. The molecule has 0 unspecified atom stereocenters. The van der Waals surface area contributed by atoms with Crippen molar-refractivity contribution in [3.05, 3.63) is 57.9 Å². The van der Waals surface area contributed by atoms with Crippen molar-refractivity contribution in [3.63, 3.8) is 0 Å². The van der Waals surface area contributed by atoms with E-state index >= 15 is 0 Å². The van der Waals surface area contributed by atoms with E-state index in [1.54, 1.807) is 17.0 Å². The van der Waals surface area contributed by atoms with E-state index in [9.17, 15) is 14.5 Å². The molecule has 2 N–H and O–H groups in total. The van der Waals surface area contributed by atoms with Crippen molar-refractivity contribution in [2.45, 2.75) is 13.1 Å². The number of benzene rings is 1. The molecule has 0 saturated carbocycles. The standard InChI is InChI=1S/C11H11FN4O2/c12-11-8(2-1-3-9(11)16(17)18)7-15-5-4-14-10(15)6-13/h1-5H,6-7,13H2. The number of halogens is 1. The Labute approximate surface area is 102 Å². The van der Waals surface area contributed by atoms with Gasteiger partial charge in [0.2, 0.25) is 5.82 Å². The summed E-state index contributed by atoms with van der Waals surface area (Å²) in [7, 11) is 0. The van der Waals surface area contributed by atoms with Crippen molar-refractivity contribution in [3.8, 4) is 0 Å². The number of hydrogen-bond donors (Lipinski definition) is 1. The fourth-order valence-corrected chi connectivity index (χ4v) is 1.69. The first-order valence-corrected chi connectivity index (χ1v) is 5.25. The van der Waals surface area contributed by atoms with Crippen LogP contribution in [0.5, 0.6) is 0 Å². The first kappa shape index (κ1) is 12.2. The maximum absolute atomic E-state index is 13.8.